The van der Waals surface area contributed by atoms with Gasteiger partial charge >= 0.3 is 5.97 Å². The van der Waals surface area contributed by atoms with Crippen LogP contribution < -0.4 is 15.4 Å². The SMILES string of the molecule is COC(=O)CCCN1C(=O)C(C(C)C)Oc2ccc(N)nc21. The number of nitrogens with two attached hydrogens (primary N) is 1. The Morgan fingerprint density at radius 3 is 2.86 bits per heavy atom. The quantitative estimate of drug-likeness (QED) is 0.825. The monoisotopic (exact) mass is 307 g/mol. The molecule has 0 aromatic carbocycles. The second-order valence-corrected chi connectivity index (χ2v) is 5.51. The van der Waals surface area contributed by atoms with E-state index in [1.807, 2.05) is 13.8 Å². The zero-order valence-electron chi connectivity index (χ0n) is 13.0. The molecule has 1 amide bonds. The number of methoxy groups -OCH3 is 1. The first kappa shape index (κ1) is 16.1. The van der Waals surface area contributed by atoms with E-state index in [1.165, 1.54) is 7.11 Å². The van der Waals surface area contributed by atoms with Gasteiger partial charge in [0.25, 0.3) is 5.91 Å². The Labute approximate surface area is 129 Å². The number of pyridine rings is 1. The lowest BCUT2D eigenvalue weighted by Crippen LogP contribution is -2.49. The number of hydrogen-bond donors (Lipinski definition) is 1. The summed E-state index contributed by atoms with van der Waals surface area (Å²) in [5.74, 6) is 0.821. The molecule has 1 unspecified atom stereocenters. The van der Waals surface area contributed by atoms with Crippen LogP contribution in [0.1, 0.15) is 26.7 Å². The minimum absolute atomic E-state index is 0.0290. The highest BCUT2D eigenvalue weighted by Gasteiger charge is 2.37. The summed E-state index contributed by atoms with van der Waals surface area (Å²) >= 11 is 0. The van der Waals surface area contributed by atoms with Gasteiger partial charge in [-0.25, -0.2) is 4.98 Å². The van der Waals surface area contributed by atoms with Crippen molar-refractivity contribution in [1.82, 2.24) is 4.98 Å². The molecule has 120 valence electrons. The highest BCUT2D eigenvalue weighted by Crippen LogP contribution is 2.34. The highest BCUT2D eigenvalue weighted by atomic mass is 16.5. The van der Waals surface area contributed by atoms with E-state index in [4.69, 9.17) is 10.5 Å². The molecule has 0 bridgehead atoms. The first-order valence-corrected chi connectivity index (χ1v) is 7.25. The molecule has 1 aliphatic rings. The van der Waals surface area contributed by atoms with Crippen molar-refractivity contribution in [2.75, 3.05) is 24.3 Å². The number of nitrogen functional groups attached to an aromatic ring is 1. The Kier molecular flexibility index (Phi) is 4.85. The second-order valence-electron chi connectivity index (χ2n) is 5.51. The van der Waals surface area contributed by atoms with Crippen molar-refractivity contribution in [1.29, 1.82) is 0 Å². The average molecular weight is 307 g/mol. The van der Waals surface area contributed by atoms with Crippen molar-refractivity contribution in [2.45, 2.75) is 32.8 Å². The topological polar surface area (TPSA) is 94.8 Å². The van der Waals surface area contributed by atoms with Crippen molar-refractivity contribution in [2.24, 2.45) is 5.92 Å². The fourth-order valence-electron chi connectivity index (χ4n) is 2.30. The van der Waals surface area contributed by atoms with Crippen LogP contribution in [0.25, 0.3) is 0 Å². The lowest BCUT2D eigenvalue weighted by molar-refractivity contribution is -0.140. The number of aromatic nitrogens is 1. The fourth-order valence-corrected chi connectivity index (χ4v) is 2.30. The molecule has 0 saturated carbocycles. The predicted molar refractivity (Wildman–Crippen MR) is 81.5 cm³/mol. The van der Waals surface area contributed by atoms with Crippen LogP contribution >= 0.6 is 0 Å². The third-order valence-corrected chi connectivity index (χ3v) is 3.48. The van der Waals surface area contributed by atoms with Crippen LogP contribution in [0.3, 0.4) is 0 Å². The molecule has 1 aliphatic heterocycles. The smallest absolute Gasteiger partial charge is 0.305 e. The molecule has 0 fully saturated rings. The number of esters is 1. The van der Waals surface area contributed by atoms with Gasteiger partial charge in [0.2, 0.25) is 0 Å². The molecular weight excluding hydrogens is 286 g/mol. The standard InChI is InChI=1S/C15H21N3O4/c1-9(2)13-15(20)18(8-4-5-12(19)21-3)14-10(22-13)6-7-11(16)17-14/h6-7,9,13H,4-5,8H2,1-3H3,(H2,16,17). The maximum Gasteiger partial charge on any atom is 0.305 e. The largest absolute Gasteiger partial charge is 0.476 e. The number of rotatable bonds is 5. The molecule has 2 N–H and O–H groups in total. The summed E-state index contributed by atoms with van der Waals surface area (Å²) < 4.78 is 10.4. The normalized spacial score (nSPS) is 17.2. The van der Waals surface area contributed by atoms with Gasteiger partial charge in [-0.05, 0) is 24.5 Å². The molecule has 2 rings (SSSR count). The first-order valence-electron chi connectivity index (χ1n) is 7.25. The summed E-state index contributed by atoms with van der Waals surface area (Å²) in [6, 6.07) is 3.35. The molecule has 7 heteroatoms. The number of amides is 1. The molecule has 0 spiro atoms. The summed E-state index contributed by atoms with van der Waals surface area (Å²) in [5, 5.41) is 0. The highest BCUT2D eigenvalue weighted by molar-refractivity contribution is 5.99. The van der Waals surface area contributed by atoms with Gasteiger partial charge in [0.15, 0.2) is 17.7 Å². The molecule has 0 radical (unpaired) electrons. The number of hydrogen-bond acceptors (Lipinski definition) is 6. The maximum absolute atomic E-state index is 12.6. The molecule has 7 nitrogen and oxygen atoms in total. The molecule has 0 aliphatic carbocycles. The van der Waals surface area contributed by atoms with Crippen LogP contribution in [0.5, 0.6) is 5.75 Å². The van der Waals surface area contributed by atoms with E-state index < -0.39 is 6.10 Å². The Bertz CT molecular complexity index is 574. The van der Waals surface area contributed by atoms with E-state index >= 15 is 0 Å². The van der Waals surface area contributed by atoms with Crippen molar-refractivity contribution >= 4 is 23.5 Å². The molecule has 1 aromatic heterocycles. The van der Waals surface area contributed by atoms with Crippen LogP contribution in [0.15, 0.2) is 12.1 Å². The lowest BCUT2D eigenvalue weighted by Gasteiger charge is -2.35. The van der Waals surface area contributed by atoms with E-state index in [9.17, 15) is 9.59 Å². The van der Waals surface area contributed by atoms with Crippen LogP contribution in [-0.4, -0.2) is 36.6 Å². The Morgan fingerprint density at radius 2 is 2.23 bits per heavy atom. The van der Waals surface area contributed by atoms with Crippen molar-refractivity contribution < 1.29 is 19.1 Å². The number of fused-ring (bicyclic) bond motifs is 1. The van der Waals surface area contributed by atoms with Crippen LogP contribution in [0.2, 0.25) is 0 Å². The van der Waals surface area contributed by atoms with Crippen LogP contribution in [0, 0.1) is 5.92 Å². The maximum atomic E-state index is 12.6. The minimum atomic E-state index is -0.559. The molecule has 0 saturated heterocycles. The molecule has 1 atom stereocenters. The van der Waals surface area contributed by atoms with E-state index in [2.05, 4.69) is 9.72 Å². The number of nitrogens with zero attached hydrogens (tertiary/aromatic N) is 2. The average Bonchev–Trinajstić information content (AvgIpc) is 2.48. The lowest BCUT2D eigenvalue weighted by atomic mass is 10.0. The summed E-state index contributed by atoms with van der Waals surface area (Å²) in [4.78, 5) is 29.6. The number of ether oxygens (including phenoxy) is 2. The second kappa shape index (κ2) is 6.64. The fraction of sp³-hybridized carbons (Fsp3) is 0.533. The van der Waals surface area contributed by atoms with E-state index in [1.54, 1.807) is 17.0 Å². The van der Waals surface area contributed by atoms with Crippen molar-refractivity contribution in [3.8, 4) is 5.75 Å². The van der Waals surface area contributed by atoms with Crippen LogP contribution in [0.4, 0.5) is 11.6 Å². The Balaban J connectivity index is 2.23. The van der Waals surface area contributed by atoms with Gasteiger partial charge in [0.05, 0.1) is 7.11 Å². The van der Waals surface area contributed by atoms with Gasteiger partial charge < -0.3 is 15.2 Å². The Morgan fingerprint density at radius 1 is 1.50 bits per heavy atom. The molecular formula is C15H21N3O4. The summed E-state index contributed by atoms with van der Waals surface area (Å²) in [6.07, 6.45) is 0.167. The summed E-state index contributed by atoms with van der Waals surface area (Å²) in [5.41, 5.74) is 5.70. The summed E-state index contributed by atoms with van der Waals surface area (Å²) in [6.45, 7) is 4.21. The number of anilines is 2. The van der Waals surface area contributed by atoms with Gasteiger partial charge in [-0.1, -0.05) is 13.8 Å². The Hall–Kier alpha value is -2.31. The minimum Gasteiger partial charge on any atom is -0.476 e. The van der Waals surface area contributed by atoms with Crippen molar-refractivity contribution in [3.05, 3.63) is 12.1 Å². The third kappa shape index (κ3) is 3.29. The molecule has 2 heterocycles. The van der Waals surface area contributed by atoms with Gasteiger partial charge in [0, 0.05) is 13.0 Å². The molecule has 22 heavy (non-hydrogen) atoms. The number of carbonyl (C=O) groups excluding carboxylic acids is 2. The van der Waals surface area contributed by atoms with E-state index in [0.717, 1.165) is 0 Å². The molecule has 1 aromatic rings. The zero-order valence-corrected chi connectivity index (χ0v) is 13.0. The van der Waals surface area contributed by atoms with Gasteiger partial charge in [0.1, 0.15) is 5.82 Å². The zero-order chi connectivity index (χ0) is 16.3. The van der Waals surface area contributed by atoms with E-state index in [0.29, 0.717) is 30.4 Å². The first-order chi connectivity index (χ1) is 10.4. The number of carbonyl (C=O) groups is 2. The predicted octanol–water partition coefficient (Wildman–Crippen LogP) is 1.37. The van der Waals surface area contributed by atoms with Gasteiger partial charge in [-0.2, -0.15) is 0 Å². The summed E-state index contributed by atoms with van der Waals surface area (Å²) in [7, 11) is 1.34. The van der Waals surface area contributed by atoms with Crippen molar-refractivity contribution in [3.63, 3.8) is 0 Å². The third-order valence-electron chi connectivity index (χ3n) is 3.48. The van der Waals surface area contributed by atoms with Crippen LogP contribution in [-0.2, 0) is 14.3 Å². The van der Waals surface area contributed by atoms with Gasteiger partial charge in [-0.3, -0.25) is 14.5 Å². The van der Waals surface area contributed by atoms with Gasteiger partial charge in [-0.15, -0.1) is 0 Å². The van der Waals surface area contributed by atoms with E-state index in [-0.39, 0.29) is 24.2 Å².